The van der Waals surface area contributed by atoms with Crippen molar-refractivity contribution >= 4 is 17.2 Å². The van der Waals surface area contributed by atoms with E-state index in [9.17, 15) is 4.79 Å². The van der Waals surface area contributed by atoms with Gasteiger partial charge in [0.15, 0.2) is 0 Å². The molecule has 1 aromatic rings. The first-order valence-corrected chi connectivity index (χ1v) is 7.25. The molecule has 1 fully saturated rings. The summed E-state index contributed by atoms with van der Waals surface area (Å²) in [5.41, 5.74) is 2.90. The monoisotopic (exact) mass is 268 g/mol. The number of rotatable bonds is 5. The van der Waals surface area contributed by atoms with Crippen LogP contribution in [0.3, 0.4) is 0 Å². The van der Waals surface area contributed by atoms with Crippen LogP contribution in [0.2, 0.25) is 0 Å². The highest BCUT2D eigenvalue weighted by molar-refractivity contribution is 7.09. The van der Waals surface area contributed by atoms with Crippen LogP contribution in [0.15, 0.2) is 5.51 Å². The fraction of sp³-hybridized carbons (Fsp3) is 0.692. The van der Waals surface area contributed by atoms with Gasteiger partial charge in [-0.25, -0.2) is 4.98 Å². The third-order valence-electron chi connectivity index (χ3n) is 3.39. The zero-order valence-electron chi connectivity index (χ0n) is 11.0. The third kappa shape index (κ3) is 3.53. The van der Waals surface area contributed by atoms with Crippen molar-refractivity contribution in [1.29, 1.82) is 0 Å². The summed E-state index contributed by atoms with van der Waals surface area (Å²) in [5.74, 6) is 0.735. The maximum atomic E-state index is 12.0. The summed E-state index contributed by atoms with van der Waals surface area (Å²) in [6, 6.07) is 0. The van der Waals surface area contributed by atoms with Gasteiger partial charge in [-0.2, -0.15) is 0 Å². The Morgan fingerprint density at radius 3 is 3.11 bits per heavy atom. The SMILES string of the molecule is Cc1ncsc1CCC(=O)N(C)CC1CCOC1. The highest BCUT2D eigenvalue weighted by Gasteiger charge is 2.20. The molecule has 0 N–H and O–H groups in total. The number of hydrogen-bond donors (Lipinski definition) is 0. The van der Waals surface area contributed by atoms with E-state index in [2.05, 4.69) is 4.98 Å². The van der Waals surface area contributed by atoms with Gasteiger partial charge in [0.1, 0.15) is 0 Å². The molecular formula is C13H20N2O2S. The van der Waals surface area contributed by atoms with Crippen molar-refractivity contribution in [1.82, 2.24) is 9.88 Å². The van der Waals surface area contributed by atoms with Gasteiger partial charge in [-0.05, 0) is 19.8 Å². The van der Waals surface area contributed by atoms with E-state index in [4.69, 9.17) is 4.74 Å². The van der Waals surface area contributed by atoms with Crippen molar-refractivity contribution in [2.75, 3.05) is 26.8 Å². The van der Waals surface area contributed by atoms with Crippen molar-refractivity contribution in [3.05, 3.63) is 16.1 Å². The Kier molecular flexibility index (Phi) is 4.72. The summed E-state index contributed by atoms with van der Waals surface area (Å²) in [4.78, 5) is 19.3. The van der Waals surface area contributed by atoms with Gasteiger partial charge < -0.3 is 9.64 Å². The van der Waals surface area contributed by atoms with E-state index < -0.39 is 0 Å². The molecular weight excluding hydrogens is 248 g/mol. The van der Waals surface area contributed by atoms with E-state index in [-0.39, 0.29) is 5.91 Å². The first-order valence-electron chi connectivity index (χ1n) is 6.37. The van der Waals surface area contributed by atoms with Gasteiger partial charge in [0.2, 0.25) is 5.91 Å². The first kappa shape index (κ1) is 13.5. The quantitative estimate of drug-likeness (QED) is 0.819. The van der Waals surface area contributed by atoms with Gasteiger partial charge >= 0.3 is 0 Å². The lowest BCUT2D eigenvalue weighted by Gasteiger charge is -2.20. The molecule has 0 bridgehead atoms. The average molecular weight is 268 g/mol. The minimum Gasteiger partial charge on any atom is -0.381 e. The Hall–Kier alpha value is -0.940. The number of aryl methyl sites for hydroxylation is 2. The summed E-state index contributed by atoms with van der Waals surface area (Å²) in [6.07, 6.45) is 2.46. The molecule has 4 nitrogen and oxygen atoms in total. The van der Waals surface area contributed by atoms with Crippen molar-refractivity contribution in [2.24, 2.45) is 5.92 Å². The molecule has 18 heavy (non-hydrogen) atoms. The second kappa shape index (κ2) is 6.29. The van der Waals surface area contributed by atoms with E-state index in [1.807, 2.05) is 24.4 Å². The van der Waals surface area contributed by atoms with E-state index >= 15 is 0 Å². The van der Waals surface area contributed by atoms with Gasteiger partial charge in [-0.15, -0.1) is 11.3 Å². The number of carbonyl (C=O) groups is 1. The van der Waals surface area contributed by atoms with E-state index in [0.29, 0.717) is 12.3 Å². The van der Waals surface area contributed by atoms with Gasteiger partial charge in [0, 0.05) is 37.4 Å². The summed E-state index contributed by atoms with van der Waals surface area (Å²) >= 11 is 1.63. The molecule has 0 saturated carbocycles. The highest BCUT2D eigenvalue weighted by atomic mass is 32.1. The molecule has 2 heterocycles. The van der Waals surface area contributed by atoms with Crippen molar-refractivity contribution in [2.45, 2.75) is 26.2 Å². The fourth-order valence-corrected chi connectivity index (χ4v) is 2.98. The molecule has 5 heteroatoms. The first-order chi connectivity index (χ1) is 8.66. The molecule has 0 aromatic carbocycles. The standard InChI is InChI=1S/C13H20N2O2S/c1-10-12(18-9-14-10)3-4-13(16)15(2)7-11-5-6-17-8-11/h9,11H,3-8H2,1-2H3. The molecule has 1 aliphatic rings. The predicted octanol–water partition coefficient (Wildman–Crippen LogP) is 1.88. The van der Waals surface area contributed by atoms with Crippen LogP contribution in [-0.4, -0.2) is 42.6 Å². The van der Waals surface area contributed by atoms with Gasteiger partial charge in [0.05, 0.1) is 17.8 Å². The Balaban J connectivity index is 1.75. The molecule has 0 radical (unpaired) electrons. The minimum absolute atomic E-state index is 0.217. The van der Waals surface area contributed by atoms with Gasteiger partial charge in [-0.3, -0.25) is 4.79 Å². The van der Waals surface area contributed by atoms with Crippen molar-refractivity contribution < 1.29 is 9.53 Å². The summed E-state index contributed by atoms with van der Waals surface area (Å²) in [7, 11) is 1.89. The van der Waals surface area contributed by atoms with E-state index in [1.165, 1.54) is 4.88 Å². The maximum absolute atomic E-state index is 12.0. The molecule has 1 saturated heterocycles. The molecule has 1 aromatic heterocycles. The largest absolute Gasteiger partial charge is 0.381 e. The molecule has 2 rings (SSSR count). The lowest BCUT2D eigenvalue weighted by atomic mass is 10.1. The number of aromatic nitrogens is 1. The number of hydrogen-bond acceptors (Lipinski definition) is 4. The molecule has 1 amide bonds. The molecule has 0 aliphatic carbocycles. The Morgan fingerprint density at radius 1 is 1.67 bits per heavy atom. The normalized spacial score (nSPS) is 19.1. The second-order valence-corrected chi connectivity index (χ2v) is 5.80. The zero-order valence-corrected chi connectivity index (χ0v) is 11.8. The minimum atomic E-state index is 0.217. The van der Waals surface area contributed by atoms with Gasteiger partial charge in [0.25, 0.3) is 0 Å². The van der Waals surface area contributed by atoms with Crippen LogP contribution in [0.5, 0.6) is 0 Å². The predicted molar refractivity (Wildman–Crippen MR) is 71.7 cm³/mol. The third-order valence-corrected chi connectivity index (χ3v) is 4.39. The van der Waals surface area contributed by atoms with Crippen LogP contribution in [-0.2, 0) is 16.0 Å². The van der Waals surface area contributed by atoms with Crippen LogP contribution in [0, 0.1) is 12.8 Å². The lowest BCUT2D eigenvalue weighted by Crippen LogP contribution is -2.32. The second-order valence-electron chi connectivity index (χ2n) is 4.86. The molecule has 100 valence electrons. The van der Waals surface area contributed by atoms with Crippen LogP contribution < -0.4 is 0 Å². The number of thiazole rings is 1. The van der Waals surface area contributed by atoms with Crippen molar-refractivity contribution in [3.8, 4) is 0 Å². The van der Waals surface area contributed by atoms with E-state index in [1.54, 1.807) is 11.3 Å². The van der Waals surface area contributed by atoms with Crippen LogP contribution in [0.25, 0.3) is 0 Å². The number of nitrogens with zero attached hydrogens (tertiary/aromatic N) is 2. The molecule has 1 aliphatic heterocycles. The van der Waals surface area contributed by atoms with Crippen molar-refractivity contribution in [3.63, 3.8) is 0 Å². The Morgan fingerprint density at radius 2 is 2.50 bits per heavy atom. The summed E-state index contributed by atoms with van der Waals surface area (Å²) < 4.78 is 5.33. The molecule has 1 unspecified atom stereocenters. The summed E-state index contributed by atoms with van der Waals surface area (Å²) in [5, 5.41) is 0. The zero-order chi connectivity index (χ0) is 13.0. The van der Waals surface area contributed by atoms with Crippen LogP contribution >= 0.6 is 11.3 Å². The summed E-state index contributed by atoms with van der Waals surface area (Å²) in [6.45, 7) is 4.45. The highest BCUT2D eigenvalue weighted by Crippen LogP contribution is 2.16. The number of ether oxygens (including phenoxy) is 1. The lowest BCUT2D eigenvalue weighted by molar-refractivity contribution is -0.130. The van der Waals surface area contributed by atoms with Gasteiger partial charge in [-0.1, -0.05) is 0 Å². The molecule has 1 atom stereocenters. The van der Waals surface area contributed by atoms with Crippen LogP contribution in [0.1, 0.15) is 23.4 Å². The number of amides is 1. The van der Waals surface area contributed by atoms with E-state index in [0.717, 1.165) is 38.3 Å². The maximum Gasteiger partial charge on any atom is 0.222 e. The fourth-order valence-electron chi connectivity index (χ4n) is 2.19. The average Bonchev–Trinajstić information content (AvgIpc) is 2.98. The number of carbonyl (C=O) groups excluding carboxylic acids is 1. The Bertz CT molecular complexity index is 399. The topological polar surface area (TPSA) is 42.4 Å². The molecule has 0 spiro atoms. The Labute approximate surface area is 112 Å². The smallest absolute Gasteiger partial charge is 0.222 e. The van der Waals surface area contributed by atoms with Crippen LogP contribution in [0.4, 0.5) is 0 Å².